The highest BCUT2D eigenvalue weighted by atomic mass is 16.7. The van der Waals surface area contributed by atoms with Crippen molar-refractivity contribution < 1.29 is 9.47 Å². The smallest absolute Gasteiger partial charge is 0.196 e. The Bertz CT molecular complexity index is 538. The molecule has 2 unspecified atom stereocenters. The Hall–Kier alpha value is -1.02. The Kier molecular flexibility index (Phi) is 8.66. The molecule has 1 aromatic carbocycles. The molecule has 2 nitrogen and oxygen atoms in total. The molecule has 154 valence electrons. The van der Waals surface area contributed by atoms with Gasteiger partial charge in [-0.05, 0) is 60.6 Å². The summed E-state index contributed by atoms with van der Waals surface area (Å²) in [6, 6.07) is 8.65. The average Bonchev–Trinajstić information content (AvgIpc) is 2.60. The van der Waals surface area contributed by atoms with Crippen molar-refractivity contribution in [2.24, 2.45) is 17.3 Å². The summed E-state index contributed by atoms with van der Waals surface area (Å²) in [5.74, 6) is 3.00. The second-order valence-electron chi connectivity index (χ2n) is 9.97. The molecule has 0 bridgehead atoms. The van der Waals surface area contributed by atoms with E-state index in [-0.39, 0.29) is 11.7 Å². The minimum atomic E-state index is -0.193. The summed E-state index contributed by atoms with van der Waals surface area (Å²) in [4.78, 5) is 0. The first-order valence-electron chi connectivity index (χ1n) is 11.1. The number of rotatable bonds is 9. The van der Waals surface area contributed by atoms with E-state index in [2.05, 4.69) is 58.9 Å². The molecular weight excluding hydrogens is 332 g/mol. The largest absolute Gasteiger partial charge is 0.465 e. The molecule has 1 aliphatic rings. The lowest BCUT2D eigenvalue weighted by molar-refractivity contribution is -0.0711. The van der Waals surface area contributed by atoms with Crippen molar-refractivity contribution in [3.63, 3.8) is 0 Å². The fraction of sp³-hybridized carbons (Fsp3) is 0.760. The minimum absolute atomic E-state index is 0.193. The molecule has 0 amide bonds. The normalized spacial score (nSPS) is 18.5. The fourth-order valence-electron chi connectivity index (χ4n) is 4.37. The number of hydrogen-bond acceptors (Lipinski definition) is 2. The first-order chi connectivity index (χ1) is 12.8. The molecule has 1 fully saturated rings. The van der Waals surface area contributed by atoms with Crippen molar-refractivity contribution in [1.29, 1.82) is 0 Å². The predicted octanol–water partition coefficient (Wildman–Crippen LogP) is 7.57. The Morgan fingerprint density at radius 2 is 1.74 bits per heavy atom. The molecule has 0 radical (unpaired) electrons. The number of benzene rings is 1. The van der Waals surface area contributed by atoms with Gasteiger partial charge >= 0.3 is 0 Å². The molecule has 0 heterocycles. The minimum Gasteiger partial charge on any atom is -0.465 e. The van der Waals surface area contributed by atoms with E-state index in [1.807, 2.05) is 6.92 Å². The summed E-state index contributed by atoms with van der Waals surface area (Å²) in [5, 5.41) is 0. The fourth-order valence-corrected chi connectivity index (χ4v) is 4.37. The molecule has 27 heavy (non-hydrogen) atoms. The van der Waals surface area contributed by atoms with Gasteiger partial charge in [0.2, 0.25) is 0 Å². The van der Waals surface area contributed by atoms with Gasteiger partial charge in [-0.2, -0.15) is 0 Å². The summed E-state index contributed by atoms with van der Waals surface area (Å²) in [7, 11) is 0. The zero-order chi connectivity index (χ0) is 19.9. The van der Waals surface area contributed by atoms with Crippen LogP contribution in [0.4, 0.5) is 0 Å². The van der Waals surface area contributed by atoms with Crippen LogP contribution < -0.4 is 4.74 Å². The van der Waals surface area contributed by atoms with E-state index in [0.29, 0.717) is 11.8 Å². The first-order valence-corrected chi connectivity index (χ1v) is 11.1. The lowest BCUT2D eigenvalue weighted by Crippen LogP contribution is -2.21. The Morgan fingerprint density at radius 1 is 1.04 bits per heavy atom. The highest BCUT2D eigenvalue weighted by Crippen LogP contribution is 2.40. The summed E-state index contributed by atoms with van der Waals surface area (Å²) < 4.78 is 12.0. The van der Waals surface area contributed by atoms with Crippen molar-refractivity contribution in [2.75, 3.05) is 6.61 Å². The third-order valence-corrected chi connectivity index (χ3v) is 5.92. The molecular formula is C25H42O2. The monoisotopic (exact) mass is 374 g/mol. The highest BCUT2D eigenvalue weighted by Gasteiger charge is 2.27. The molecule has 0 aliphatic heterocycles. The summed E-state index contributed by atoms with van der Waals surface area (Å²) in [6.07, 6.45) is 9.15. The average molecular weight is 375 g/mol. The van der Waals surface area contributed by atoms with Crippen LogP contribution in [0.3, 0.4) is 0 Å². The Labute approximate surface area is 168 Å². The van der Waals surface area contributed by atoms with Crippen molar-refractivity contribution >= 4 is 0 Å². The molecule has 1 saturated carbocycles. The van der Waals surface area contributed by atoms with Crippen LogP contribution in [0.15, 0.2) is 24.3 Å². The van der Waals surface area contributed by atoms with Crippen molar-refractivity contribution in [1.82, 2.24) is 0 Å². The molecule has 0 spiro atoms. The SMILES string of the molecule is CC(C)CC(c1cccc(OC(C)OCCC2CCCCC2)c1)C(C)(C)C. The van der Waals surface area contributed by atoms with Gasteiger partial charge in [0.25, 0.3) is 0 Å². The molecule has 1 aromatic rings. The second kappa shape index (κ2) is 10.5. The maximum absolute atomic E-state index is 6.09. The van der Waals surface area contributed by atoms with E-state index in [4.69, 9.17) is 9.47 Å². The van der Waals surface area contributed by atoms with Gasteiger partial charge in [-0.15, -0.1) is 0 Å². The van der Waals surface area contributed by atoms with Gasteiger partial charge < -0.3 is 9.47 Å². The van der Waals surface area contributed by atoms with Gasteiger partial charge in [-0.25, -0.2) is 0 Å². The third kappa shape index (κ3) is 7.86. The zero-order valence-electron chi connectivity index (χ0n) is 18.6. The molecule has 2 heteroatoms. The quantitative estimate of drug-likeness (QED) is 0.415. The molecule has 2 atom stereocenters. The van der Waals surface area contributed by atoms with Gasteiger partial charge in [-0.3, -0.25) is 0 Å². The van der Waals surface area contributed by atoms with Crippen LogP contribution in [-0.4, -0.2) is 12.9 Å². The van der Waals surface area contributed by atoms with Crippen LogP contribution in [0.2, 0.25) is 0 Å². The van der Waals surface area contributed by atoms with E-state index in [1.54, 1.807) is 0 Å². The Morgan fingerprint density at radius 3 is 2.37 bits per heavy atom. The van der Waals surface area contributed by atoms with Gasteiger partial charge in [0, 0.05) is 0 Å². The van der Waals surface area contributed by atoms with Crippen molar-refractivity contribution in [3.8, 4) is 5.75 Å². The van der Waals surface area contributed by atoms with Crippen LogP contribution in [0.1, 0.15) is 98.0 Å². The molecule has 0 saturated heterocycles. The van der Waals surface area contributed by atoms with Gasteiger partial charge in [-0.1, -0.05) is 78.9 Å². The maximum Gasteiger partial charge on any atom is 0.196 e. The second-order valence-corrected chi connectivity index (χ2v) is 9.97. The van der Waals surface area contributed by atoms with E-state index in [9.17, 15) is 0 Å². The van der Waals surface area contributed by atoms with Crippen LogP contribution in [0, 0.1) is 17.3 Å². The standard InChI is InChI=1S/C25H42O2/c1-19(2)17-24(25(4,5)6)22-13-10-14-23(18-22)27-20(3)26-16-15-21-11-8-7-9-12-21/h10,13-14,18-21,24H,7-9,11-12,15-17H2,1-6H3. The van der Waals surface area contributed by atoms with E-state index in [1.165, 1.54) is 50.5 Å². The molecule has 1 aliphatic carbocycles. The summed E-state index contributed by atoms with van der Waals surface area (Å²) in [6.45, 7) is 14.5. The number of ether oxygens (including phenoxy) is 2. The maximum atomic E-state index is 6.09. The lowest BCUT2D eigenvalue weighted by atomic mass is 9.72. The number of hydrogen-bond donors (Lipinski definition) is 0. The van der Waals surface area contributed by atoms with E-state index in [0.717, 1.165) is 18.3 Å². The molecule has 0 aromatic heterocycles. The topological polar surface area (TPSA) is 18.5 Å². The van der Waals surface area contributed by atoms with E-state index < -0.39 is 0 Å². The van der Waals surface area contributed by atoms with E-state index >= 15 is 0 Å². The first kappa shape index (κ1) is 22.3. The summed E-state index contributed by atoms with van der Waals surface area (Å²) in [5.41, 5.74) is 1.62. The highest BCUT2D eigenvalue weighted by molar-refractivity contribution is 5.32. The van der Waals surface area contributed by atoms with Crippen LogP contribution in [0.25, 0.3) is 0 Å². The summed E-state index contributed by atoms with van der Waals surface area (Å²) >= 11 is 0. The Balaban J connectivity index is 1.89. The van der Waals surface area contributed by atoms with Gasteiger partial charge in [0.05, 0.1) is 6.61 Å². The van der Waals surface area contributed by atoms with Gasteiger partial charge in [0.15, 0.2) is 6.29 Å². The third-order valence-electron chi connectivity index (χ3n) is 5.92. The van der Waals surface area contributed by atoms with Crippen LogP contribution in [-0.2, 0) is 4.74 Å². The zero-order valence-corrected chi connectivity index (χ0v) is 18.6. The molecule has 0 N–H and O–H groups in total. The van der Waals surface area contributed by atoms with Crippen LogP contribution >= 0.6 is 0 Å². The molecule has 2 rings (SSSR count). The lowest BCUT2D eigenvalue weighted by Gasteiger charge is -2.33. The van der Waals surface area contributed by atoms with Crippen molar-refractivity contribution in [3.05, 3.63) is 29.8 Å². The predicted molar refractivity (Wildman–Crippen MR) is 115 cm³/mol. The van der Waals surface area contributed by atoms with Crippen LogP contribution in [0.5, 0.6) is 5.75 Å². The van der Waals surface area contributed by atoms with Crippen molar-refractivity contribution in [2.45, 2.75) is 98.7 Å². The van der Waals surface area contributed by atoms with Gasteiger partial charge in [0.1, 0.15) is 5.75 Å².